The molecule has 0 saturated carbocycles. The molecular formula is C14H20O3. The first-order valence-corrected chi connectivity index (χ1v) is 6.15. The van der Waals surface area contributed by atoms with Crippen LogP contribution >= 0.6 is 0 Å². The normalized spacial score (nSPS) is 21.5. The van der Waals surface area contributed by atoms with Gasteiger partial charge >= 0.3 is 0 Å². The largest absolute Gasteiger partial charge is 0.494 e. The van der Waals surface area contributed by atoms with Crippen LogP contribution in [0.4, 0.5) is 0 Å². The summed E-state index contributed by atoms with van der Waals surface area (Å²) in [6.45, 7) is 6.74. The smallest absolute Gasteiger partial charge is 0.126 e. The Bertz CT molecular complexity index is 398. The van der Waals surface area contributed by atoms with Crippen molar-refractivity contribution in [1.29, 1.82) is 0 Å². The summed E-state index contributed by atoms with van der Waals surface area (Å²) in [4.78, 5) is 0. The number of hydrogen-bond donors (Lipinski definition) is 1. The van der Waals surface area contributed by atoms with E-state index in [0.717, 1.165) is 23.5 Å². The molecule has 0 fully saturated rings. The van der Waals surface area contributed by atoms with E-state index in [4.69, 9.17) is 9.47 Å². The first-order valence-electron chi connectivity index (χ1n) is 6.15. The number of rotatable bonds is 3. The molecular weight excluding hydrogens is 216 g/mol. The molecule has 17 heavy (non-hydrogen) atoms. The van der Waals surface area contributed by atoms with Crippen LogP contribution in [0, 0.1) is 0 Å². The van der Waals surface area contributed by atoms with Crippen LogP contribution < -0.4 is 9.47 Å². The van der Waals surface area contributed by atoms with Crippen LogP contribution in [0.25, 0.3) is 0 Å². The lowest BCUT2D eigenvalue weighted by Gasteiger charge is -2.35. The molecule has 0 aliphatic carbocycles. The molecule has 3 heteroatoms. The zero-order valence-corrected chi connectivity index (χ0v) is 10.7. The SMILES string of the molecule is CCCOc1ccc2c(c1)C(O)CC(C)(C)O2. The van der Waals surface area contributed by atoms with Gasteiger partial charge in [0.05, 0.1) is 12.7 Å². The molecule has 1 heterocycles. The molecule has 94 valence electrons. The van der Waals surface area contributed by atoms with Crippen molar-refractivity contribution in [3.63, 3.8) is 0 Å². The van der Waals surface area contributed by atoms with Gasteiger partial charge in [-0.05, 0) is 38.5 Å². The van der Waals surface area contributed by atoms with Gasteiger partial charge in [-0.15, -0.1) is 0 Å². The average molecular weight is 236 g/mol. The molecule has 0 amide bonds. The number of ether oxygens (including phenoxy) is 2. The monoisotopic (exact) mass is 236 g/mol. The van der Waals surface area contributed by atoms with Gasteiger partial charge in [0.15, 0.2) is 0 Å². The summed E-state index contributed by atoms with van der Waals surface area (Å²) in [5.41, 5.74) is 0.524. The molecule has 1 unspecified atom stereocenters. The molecule has 1 aromatic carbocycles. The van der Waals surface area contributed by atoms with Crippen LogP contribution in [0.5, 0.6) is 11.5 Å². The minimum absolute atomic E-state index is 0.307. The van der Waals surface area contributed by atoms with Crippen LogP contribution in [0.15, 0.2) is 18.2 Å². The summed E-state index contributed by atoms with van der Waals surface area (Å²) in [7, 11) is 0. The fraction of sp³-hybridized carbons (Fsp3) is 0.571. The third-order valence-corrected chi connectivity index (χ3v) is 2.88. The van der Waals surface area contributed by atoms with Crippen molar-refractivity contribution in [1.82, 2.24) is 0 Å². The zero-order chi connectivity index (χ0) is 12.5. The Balaban J connectivity index is 2.24. The van der Waals surface area contributed by atoms with Crippen LogP contribution in [-0.4, -0.2) is 17.3 Å². The Morgan fingerprint density at radius 1 is 1.47 bits per heavy atom. The highest BCUT2D eigenvalue weighted by atomic mass is 16.5. The minimum atomic E-state index is -0.473. The highest BCUT2D eigenvalue weighted by molar-refractivity contribution is 5.43. The van der Waals surface area contributed by atoms with E-state index in [1.807, 2.05) is 32.0 Å². The fourth-order valence-electron chi connectivity index (χ4n) is 2.10. The molecule has 2 rings (SSSR count). The third kappa shape index (κ3) is 2.72. The first-order chi connectivity index (χ1) is 8.02. The topological polar surface area (TPSA) is 38.7 Å². The van der Waals surface area contributed by atoms with Crippen LogP contribution in [0.3, 0.4) is 0 Å². The van der Waals surface area contributed by atoms with Gasteiger partial charge in [-0.3, -0.25) is 0 Å². The molecule has 0 aromatic heterocycles. The van der Waals surface area contributed by atoms with E-state index in [1.165, 1.54) is 0 Å². The maximum Gasteiger partial charge on any atom is 0.126 e. The molecule has 0 spiro atoms. The second kappa shape index (κ2) is 4.57. The molecule has 3 nitrogen and oxygen atoms in total. The summed E-state index contributed by atoms with van der Waals surface area (Å²) in [5, 5.41) is 10.1. The maximum absolute atomic E-state index is 10.1. The molecule has 0 bridgehead atoms. The third-order valence-electron chi connectivity index (χ3n) is 2.88. The van der Waals surface area contributed by atoms with Crippen LogP contribution in [0.1, 0.15) is 45.3 Å². The second-order valence-corrected chi connectivity index (χ2v) is 5.13. The number of aliphatic hydroxyl groups excluding tert-OH is 1. The first kappa shape index (κ1) is 12.2. The Kier molecular flexibility index (Phi) is 3.29. The van der Waals surface area contributed by atoms with Gasteiger partial charge in [0.1, 0.15) is 17.1 Å². The van der Waals surface area contributed by atoms with E-state index in [0.29, 0.717) is 13.0 Å². The number of aliphatic hydroxyl groups is 1. The standard InChI is InChI=1S/C14H20O3/c1-4-7-16-10-5-6-13-11(8-10)12(15)9-14(2,3)17-13/h5-6,8,12,15H,4,7,9H2,1-3H3. The van der Waals surface area contributed by atoms with Crippen molar-refractivity contribution < 1.29 is 14.6 Å². The molecule has 0 saturated heterocycles. The van der Waals surface area contributed by atoms with Gasteiger partial charge in [0.25, 0.3) is 0 Å². The second-order valence-electron chi connectivity index (χ2n) is 5.13. The summed E-state index contributed by atoms with van der Waals surface area (Å²) < 4.78 is 11.4. The van der Waals surface area contributed by atoms with Crippen molar-refractivity contribution >= 4 is 0 Å². The van der Waals surface area contributed by atoms with E-state index in [9.17, 15) is 5.11 Å². The van der Waals surface area contributed by atoms with Crippen LogP contribution in [0.2, 0.25) is 0 Å². The van der Waals surface area contributed by atoms with Crippen LogP contribution in [-0.2, 0) is 0 Å². The van der Waals surface area contributed by atoms with E-state index in [-0.39, 0.29) is 5.60 Å². The van der Waals surface area contributed by atoms with Gasteiger partial charge in [0.2, 0.25) is 0 Å². The Hall–Kier alpha value is -1.22. The predicted molar refractivity (Wildman–Crippen MR) is 66.5 cm³/mol. The number of fused-ring (bicyclic) bond motifs is 1. The Labute approximate surface area is 102 Å². The quantitative estimate of drug-likeness (QED) is 0.876. The summed E-state index contributed by atoms with van der Waals surface area (Å²) in [6.07, 6.45) is 1.11. The Morgan fingerprint density at radius 2 is 2.24 bits per heavy atom. The number of hydrogen-bond acceptors (Lipinski definition) is 3. The fourth-order valence-corrected chi connectivity index (χ4v) is 2.10. The van der Waals surface area contributed by atoms with Crippen molar-refractivity contribution in [3.8, 4) is 11.5 Å². The highest BCUT2D eigenvalue weighted by Gasteiger charge is 2.32. The molecule has 1 aliphatic heterocycles. The van der Waals surface area contributed by atoms with E-state index in [1.54, 1.807) is 0 Å². The van der Waals surface area contributed by atoms with Gasteiger partial charge in [-0.1, -0.05) is 6.92 Å². The lowest BCUT2D eigenvalue weighted by atomic mass is 9.92. The lowest BCUT2D eigenvalue weighted by molar-refractivity contribution is 0.0113. The van der Waals surface area contributed by atoms with Crippen molar-refractivity contribution in [2.45, 2.75) is 45.3 Å². The van der Waals surface area contributed by atoms with Gasteiger partial charge in [0, 0.05) is 12.0 Å². The lowest BCUT2D eigenvalue weighted by Crippen LogP contribution is -2.34. The molecule has 1 N–H and O–H groups in total. The zero-order valence-electron chi connectivity index (χ0n) is 10.7. The molecule has 1 aromatic rings. The Morgan fingerprint density at radius 3 is 2.94 bits per heavy atom. The van der Waals surface area contributed by atoms with E-state index < -0.39 is 6.10 Å². The molecule has 0 radical (unpaired) electrons. The van der Waals surface area contributed by atoms with Crippen molar-refractivity contribution in [3.05, 3.63) is 23.8 Å². The summed E-state index contributed by atoms with van der Waals surface area (Å²) >= 11 is 0. The van der Waals surface area contributed by atoms with Crippen molar-refractivity contribution in [2.75, 3.05) is 6.61 Å². The average Bonchev–Trinajstić information content (AvgIpc) is 2.25. The summed E-state index contributed by atoms with van der Waals surface area (Å²) in [6, 6.07) is 5.65. The highest BCUT2D eigenvalue weighted by Crippen LogP contribution is 2.40. The molecule has 1 atom stereocenters. The van der Waals surface area contributed by atoms with Crippen molar-refractivity contribution in [2.24, 2.45) is 0 Å². The molecule has 1 aliphatic rings. The minimum Gasteiger partial charge on any atom is -0.494 e. The predicted octanol–water partition coefficient (Wildman–Crippen LogP) is 3.07. The summed E-state index contributed by atoms with van der Waals surface area (Å²) in [5.74, 6) is 1.56. The van der Waals surface area contributed by atoms with Gasteiger partial charge in [-0.2, -0.15) is 0 Å². The van der Waals surface area contributed by atoms with E-state index in [2.05, 4.69) is 6.92 Å². The maximum atomic E-state index is 10.1. The van der Waals surface area contributed by atoms with Gasteiger partial charge < -0.3 is 14.6 Å². The van der Waals surface area contributed by atoms with Gasteiger partial charge in [-0.25, -0.2) is 0 Å². The number of benzene rings is 1. The van der Waals surface area contributed by atoms with E-state index >= 15 is 0 Å².